The first-order valence-electron chi connectivity index (χ1n) is 5.64. The van der Waals surface area contributed by atoms with E-state index in [1.807, 2.05) is 6.92 Å². The molecule has 0 aromatic heterocycles. The van der Waals surface area contributed by atoms with Gasteiger partial charge in [0.25, 0.3) is 0 Å². The van der Waals surface area contributed by atoms with Crippen LogP contribution < -0.4 is 4.74 Å². The SMILES string of the molecule is CCCC(Cc1cccc(OC)c1F)C(=O)O. The van der Waals surface area contributed by atoms with Crippen LogP contribution in [0, 0.1) is 11.7 Å². The predicted octanol–water partition coefficient (Wildman–Crippen LogP) is 2.88. The number of carboxylic acids is 1. The van der Waals surface area contributed by atoms with Crippen molar-refractivity contribution < 1.29 is 19.0 Å². The summed E-state index contributed by atoms with van der Waals surface area (Å²) in [4.78, 5) is 11.0. The van der Waals surface area contributed by atoms with Gasteiger partial charge in [-0.15, -0.1) is 0 Å². The Morgan fingerprint density at radius 3 is 2.76 bits per heavy atom. The Morgan fingerprint density at radius 2 is 2.24 bits per heavy atom. The van der Waals surface area contributed by atoms with Crippen LogP contribution in [0.15, 0.2) is 18.2 Å². The normalized spacial score (nSPS) is 12.2. The lowest BCUT2D eigenvalue weighted by molar-refractivity contribution is -0.141. The fraction of sp³-hybridized carbons (Fsp3) is 0.462. The van der Waals surface area contributed by atoms with Crippen molar-refractivity contribution in [1.82, 2.24) is 0 Å². The van der Waals surface area contributed by atoms with Gasteiger partial charge in [-0.2, -0.15) is 0 Å². The zero-order chi connectivity index (χ0) is 12.8. The fourth-order valence-corrected chi connectivity index (χ4v) is 1.80. The van der Waals surface area contributed by atoms with Gasteiger partial charge in [0.15, 0.2) is 11.6 Å². The van der Waals surface area contributed by atoms with E-state index in [0.29, 0.717) is 12.0 Å². The van der Waals surface area contributed by atoms with Gasteiger partial charge in [-0.1, -0.05) is 25.5 Å². The first-order valence-corrected chi connectivity index (χ1v) is 5.64. The average molecular weight is 240 g/mol. The quantitative estimate of drug-likeness (QED) is 0.831. The Kier molecular flexibility index (Phi) is 4.94. The number of hydrogen-bond donors (Lipinski definition) is 1. The number of hydrogen-bond acceptors (Lipinski definition) is 2. The van der Waals surface area contributed by atoms with Crippen molar-refractivity contribution >= 4 is 5.97 Å². The Balaban J connectivity index is 2.89. The van der Waals surface area contributed by atoms with Gasteiger partial charge in [-0.3, -0.25) is 4.79 Å². The molecule has 0 aliphatic carbocycles. The van der Waals surface area contributed by atoms with Crippen LogP contribution in [0.1, 0.15) is 25.3 Å². The first kappa shape index (κ1) is 13.5. The average Bonchev–Trinajstić information content (AvgIpc) is 2.30. The molecule has 17 heavy (non-hydrogen) atoms. The lowest BCUT2D eigenvalue weighted by Crippen LogP contribution is -2.17. The Hall–Kier alpha value is -1.58. The molecule has 0 radical (unpaired) electrons. The van der Waals surface area contributed by atoms with Crippen molar-refractivity contribution in [2.75, 3.05) is 7.11 Å². The van der Waals surface area contributed by atoms with Gasteiger partial charge in [-0.25, -0.2) is 4.39 Å². The van der Waals surface area contributed by atoms with E-state index in [1.54, 1.807) is 12.1 Å². The number of carbonyl (C=O) groups is 1. The van der Waals surface area contributed by atoms with Crippen LogP contribution in [-0.4, -0.2) is 18.2 Å². The Morgan fingerprint density at radius 1 is 1.53 bits per heavy atom. The lowest BCUT2D eigenvalue weighted by Gasteiger charge is -2.13. The topological polar surface area (TPSA) is 46.5 Å². The van der Waals surface area contributed by atoms with Crippen molar-refractivity contribution in [3.63, 3.8) is 0 Å². The number of methoxy groups -OCH3 is 1. The zero-order valence-corrected chi connectivity index (χ0v) is 10.1. The van der Waals surface area contributed by atoms with Crippen molar-refractivity contribution in [2.24, 2.45) is 5.92 Å². The van der Waals surface area contributed by atoms with Gasteiger partial charge in [0.1, 0.15) is 0 Å². The minimum Gasteiger partial charge on any atom is -0.494 e. The second kappa shape index (κ2) is 6.23. The van der Waals surface area contributed by atoms with Gasteiger partial charge in [0.05, 0.1) is 13.0 Å². The molecule has 0 saturated carbocycles. The van der Waals surface area contributed by atoms with E-state index in [1.165, 1.54) is 13.2 Å². The highest BCUT2D eigenvalue weighted by Gasteiger charge is 2.19. The molecule has 0 heterocycles. The van der Waals surface area contributed by atoms with Gasteiger partial charge in [-0.05, 0) is 24.5 Å². The van der Waals surface area contributed by atoms with Crippen LogP contribution in [0.2, 0.25) is 0 Å². The van der Waals surface area contributed by atoms with Crippen LogP contribution >= 0.6 is 0 Å². The second-order valence-corrected chi connectivity index (χ2v) is 3.96. The van der Waals surface area contributed by atoms with Gasteiger partial charge in [0, 0.05) is 0 Å². The fourth-order valence-electron chi connectivity index (χ4n) is 1.80. The molecule has 0 fully saturated rings. The zero-order valence-electron chi connectivity index (χ0n) is 10.1. The largest absolute Gasteiger partial charge is 0.494 e. The van der Waals surface area contributed by atoms with Crippen LogP contribution in [0.5, 0.6) is 5.75 Å². The van der Waals surface area contributed by atoms with E-state index < -0.39 is 17.7 Å². The second-order valence-electron chi connectivity index (χ2n) is 3.96. The van der Waals surface area contributed by atoms with Crippen molar-refractivity contribution in [3.8, 4) is 5.75 Å². The third-order valence-corrected chi connectivity index (χ3v) is 2.72. The van der Waals surface area contributed by atoms with E-state index in [-0.39, 0.29) is 12.2 Å². The predicted molar refractivity (Wildman–Crippen MR) is 62.7 cm³/mol. The number of rotatable bonds is 6. The molecule has 0 aliphatic rings. The van der Waals surface area contributed by atoms with Gasteiger partial charge >= 0.3 is 5.97 Å². The number of ether oxygens (including phenoxy) is 1. The molecule has 0 amide bonds. The lowest BCUT2D eigenvalue weighted by atomic mass is 9.95. The Bertz CT molecular complexity index is 390. The van der Waals surface area contributed by atoms with Crippen molar-refractivity contribution in [2.45, 2.75) is 26.2 Å². The molecule has 0 saturated heterocycles. The Labute approximate surface area is 100 Å². The van der Waals surface area contributed by atoms with E-state index in [0.717, 1.165) is 6.42 Å². The number of aliphatic carboxylic acids is 1. The number of carboxylic acid groups (broad SMARTS) is 1. The molecule has 1 aromatic carbocycles. The molecule has 4 heteroatoms. The maximum atomic E-state index is 13.8. The summed E-state index contributed by atoms with van der Waals surface area (Å²) in [5.74, 6) is -1.73. The van der Waals surface area contributed by atoms with E-state index in [9.17, 15) is 9.18 Å². The van der Waals surface area contributed by atoms with Gasteiger partial charge < -0.3 is 9.84 Å². The van der Waals surface area contributed by atoms with Crippen LogP contribution in [0.3, 0.4) is 0 Å². The highest BCUT2D eigenvalue weighted by molar-refractivity contribution is 5.70. The van der Waals surface area contributed by atoms with Crippen LogP contribution in [0.25, 0.3) is 0 Å². The highest BCUT2D eigenvalue weighted by atomic mass is 19.1. The van der Waals surface area contributed by atoms with E-state index in [4.69, 9.17) is 9.84 Å². The summed E-state index contributed by atoms with van der Waals surface area (Å²) in [5, 5.41) is 9.03. The summed E-state index contributed by atoms with van der Waals surface area (Å²) in [6, 6.07) is 4.79. The maximum Gasteiger partial charge on any atom is 0.306 e. The molecular weight excluding hydrogens is 223 g/mol. The summed E-state index contributed by atoms with van der Waals surface area (Å²) in [6.45, 7) is 1.91. The molecule has 94 valence electrons. The van der Waals surface area contributed by atoms with Gasteiger partial charge in [0.2, 0.25) is 0 Å². The molecule has 1 rings (SSSR count). The molecule has 0 aliphatic heterocycles. The molecule has 0 bridgehead atoms. The summed E-state index contributed by atoms with van der Waals surface area (Å²) < 4.78 is 18.7. The van der Waals surface area contributed by atoms with Crippen LogP contribution in [0.4, 0.5) is 4.39 Å². The third-order valence-electron chi connectivity index (χ3n) is 2.72. The highest BCUT2D eigenvalue weighted by Crippen LogP contribution is 2.23. The van der Waals surface area contributed by atoms with E-state index >= 15 is 0 Å². The summed E-state index contributed by atoms with van der Waals surface area (Å²) in [5.41, 5.74) is 0.394. The minimum absolute atomic E-state index is 0.156. The first-order chi connectivity index (χ1) is 8.10. The smallest absolute Gasteiger partial charge is 0.306 e. The molecule has 1 N–H and O–H groups in total. The number of halogens is 1. The van der Waals surface area contributed by atoms with Crippen molar-refractivity contribution in [3.05, 3.63) is 29.6 Å². The molecule has 0 spiro atoms. The number of benzene rings is 1. The summed E-state index contributed by atoms with van der Waals surface area (Å²) in [7, 11) is 1.39. The summed E-state index contributed by atoms with van der Waals surface area (Å²) >= 11 is 0. The van der Waals surface area contributed by atoms with E-state index in [2.05, 4.69) is 0 Å². The maximum absolute atomic E-state index is 13.8. The molecular formula is C13H17FO3. The molecule has 3 nitrogen and oxygen atoms in total. The monoisotopic (exact) mass is 240 g/mol. The molecule has 1 unspecified atom stereocenters. The summed E-state index contributed by atoms with van der Waals surface area (Å²) in [6.07, 6.45) is 1.51. The van der Waals surface area contributed by atoms with Crippen LogP contribution in [-0.2, 0) is 11.2 Å². The third kappa shape index (κ3) is 3.44. The minimum atomic E-state index is -0.880. The molecule has 1 atom stereocenters. The van der Waals surface area contributed by atoms with Crippen molar-refractivity contribution in [1.29, 1.82) is 0 Å². The standard InChI is InChI=1S/C13H17FO3/c1-3-5-10(13(15)16)8-9-6-4-7-11(17-2)12(9)14/h4,6-7,10H,3,5,8H2,1-2H3,(H,15,16). The molecule has 1 aromatic rings.